The molecule has 0 unspecified atom stereocenters. The van der Waals surface area contributed by atoms with Crippen LogP contribution >= 0.6 is 10.7 Å². The smallest absolute Gasteiger partial charge is 0.404 e. The predicted molar refractivity (Wildman–Crippen MR) is 53.1 cm³/mol. The molecule has 0 aliphatic carbocycles. The second kappa shape index (κ2) is 4.51. The highest BCUT2D eigenvalue weighted by Crippen LogP contribution is 2.34. The molecule has 0 amide bonds. The second-order valence-electron chi connectivity index (χ2n) is 2.82. The first-order valence-electron chi connectivity index (χ1n) is 3.95. The molecule has 98 valence electrons. The maximum atomic E-state index is 12.1. The van der Waals surface area contributed by atoms with Crippen molar-refractivity contribution in [3.63, 3.8) is 0 Å². The summed E-state index contributed by atoms with van der Waals surface area (Å²) < 4.78 is 61.9. The van der Waals surface area contributed by atoms with Crippen LogP contribution in [-0.4, -0.2) is 19.8 Å². The summed E-state index contributed by atoms with van der Waals surface area (Å²) in [6.45, 7) is 0. The van der Waals surface area contributed by atoms with E-state index in [1.54, 1.807) is 0 Å². The van der Waals surface area contributed by atoms with Gasteiger partial charge in [-0.25, -0.2) is 13.4 Å². The summed E-state index contributed by atoms with van der Waals surface area (Å²) in [6, 6.07) is 1.77. The first kappa shape index (κ1) is 14.3. The zero-order valence-corrected chi connectivity index (χ0v) is 9.77. The molecule has 0 saturated heterocycles. The Hall–Kier alpha value is -1.73. The van der Waals surface area contributed by atoms with E-state index in [9.17, 15) is 21.6 Å². The Labute approximate surface area is 103 Å². The first-order chi connectivity index (χ1) is 8.04. The molecule has 0 aliphatic rings. The fourth-order valence-corrected chi connectivity index (χ4v) is 2.15. The average Bonchev–Trinajstić information content (AvgIpc) is 2.11. The molecule has 0 radical (unpaired) electrons. The van der Waals surface area contributed by atoms with Crippen LogP contribution in [0.15, 0.2) is 11.0 Å². The van der Waals surface area contributed by atoms with Crippen LogP contribution in [0.1, 0.15) is 5.69 Å². The molecule has 0 atom stereocenters. The number of aromatic nitrogens is 1. The zero-order valence-electron chi connectivity index (χ0n) is 8.19. The van der Waals surface area contributed by atoms with E-state index in [-0.39, 0.29) is 0 Å². The predicted octanol–water partition coefficient (Wildman–Crippen LogP) is 1.36. The number of halogens is 4. The third-order valence-electron chi connectivity index (χ3n) is 1.53. The highest BCUT2D eigenvalue weighted by molar-refractivity contribution is 8.13. The molecule has 2 N–H and O–H groups in total. The molecule has 0 aromatic carbocycles. The largest absolute Gasteiger partial charge is 0.573 e. The summed E-state index contributed by atoms with van der Waals surface area (Å²) >= 11 is 0. The Bertz CT molecular complexity index is 623. The number of nitrogens with two attached hydrogens (primary N) is 1. The third kappa shape index (κ3) is 3.38. The van der Waals surface area contributed by atoms with Crippen molar-refractivity contribution in [1.29, 1.82) is 5.26 Å². The number of hydrogen-bond acceptors (Lipinski definition) is 6. The lowest BCUT2D eigenvalue weighted by atomic mass is 10.3. The molecular formula is C7H3ClF3N3O3S. The van der Waals surface area contributed by atoms with Gasteiger partial charge in [-0.05, 0) is 0 Å². The van der Waals surface area contributed by atoms with Crippen LogP contribution in [0.3, 0.4) is 0 Å². The van der Waals surface area contributed by atoms with Crippen LogP contribution < -0.4 is 10.5 Å². The van der Waals surface area contributed by atoms with Gasteiger partial charge in [0.1, 0.15) is 11.9 Å². The summed E-state index contributed by atoms with van der Waals surface area (Å²) in [7, 11) is 0.263. The van der Waals surface area contributed by atoms with Gasteiger partial charge in [0.05, 0.1) is 0 Å². The SMILES string of the molecule is N#Cc1nc(N)cc(OC(F)(F)F)c1S(=O)(=O)Cl. The molecule has 1 rings (SSSR count). The average molecular weight is 302 g/mol. The standard InChI is InChI=1S/C7H3ClF3N3O3S/c8-18(15,16)6-3(2-12)14-5(13)1-4(6)17-7(9,10)11/h1H,(H2,13,14). The molecule has 6 nitrogen and oxygen atoms in total. The van der Waals surface area contributed by atoms with Crippen LogP contribution in [-0.2, 0) is 9.05 Å². The van der Waals surface area contributed by atoms with Gasteiger partial charge in [0, 0.05) is 16.7 Å². The molecule has 18 heavy (non-hydrogen) atoms. The summed E-state index contributed by atoms with van der Waals surface area (Å²) in [6.07, 6.45) is -5.17. The van der Waals surface area contributed by atoms with Crippen molar-refractivity contribution in [3.8, 4) is 11.8 Å². The van der Waals surface area contributed by atoms with Gasteiger partial charge >= 0.3 is 6.36 Å². The lowest BCUT2D eigenvalue weighted by Crippen LogP contribution is -2.19. The van der Waals surface area contributed by atoms with E-state index >= 15 is 0 Å². The van der Waals surface area contributed by atoms with Crippen LogP contribution in [0.25, 0.3) is 0 Å². The molecule has 11 heteroatoms. The maximum Gasteiger partial charge on any atom is 0.573 e. The Morgan fingerprint density at radius 3 is 2.44 bits per heavy atom. The fourth-order valence-electron chi connectivity index (χ4n) is 1.04. The van der Waals surface area contributed by atoms with Gasteiger partial charge in [0.15, 0.2) is 16.3 Å². The number of hydrogen-bond donors (Lipinski definition) is 1. The fraction of sp³-hybridized carbons (Fsp3) is 0.143. The highest BCUT2D eigenvalue weighted by atomic mass is 35.7. The summed E-state index contributed by atoms with van der Waals surface area (Å²) in [4.78, 5) is 2.07. The summed E-state index contributed by atoms with van der Waals surface area (Å²) in [5, 5.41) is 8.60. The van der Waals surface area contributed by atoms with Crippen molar-refractivity contribution >= 4 is 25.6 Å². The quantitative estimate of drug-likeness (QED) is 0.827. The van der Waals surface area contributed by atoms with Gasteiger partial charge < -0.3 is 10.5 Å². The van der Waals surface area contributed by atoms with Gasteiger partial charge in [-0.3, -0.25) is 0 Å². The van der Waals surface area contributed by atoms with Gasteiger partial charge in [-0.15, -0.1) is 13.2 Å². The zero-order chi connectivity index (χ0) is 14.1. The Morgan fingerprint density at radius 1 is 1.50 bits per heavy atom. The van der Waals surface area contributed by atoms with E-state index < -0.39 is 37.6 Å². The van der Waals surface area contributed by atoms with E-state index in [0.29, 0.717) is 6.07 Å². The molecule has 0 bridgehead atoms. The van der Waals surface area contributed by atoms with Crippen molar-refractivity contribution in [2.45, 2.75) is 11.3 Å². The Balaban J connectivity index is 3.60. The lowest BCUT2D eigenvalue weighted by molar-refractivity contribution is -0.275. The maximum absolute atomic E-state index is 12.1. The molecule has 0 aliphatic heterocycles. The van der Waals surface area contributed by atoms with Crippen molar-refractivity contribution in [1.82, 2.24) is 4.98 Å². The molecule has 1 aromatic rings. The van der Waals surface area contributed by atoms with Crippen molar-refractivity contribution in [2.24, 2.45) is 0 Å². The third-order valence-corrected chi connectivity index (χ3v) is 2.88. The number of nitrogens with zero attached hydrogens (tertiary/aromatic N) is 2. The molecule has 1 heterocycles. The molecular weight excluding hydrogens is 299 g/mol. The minimum atomic E-state index is -5.17. The number of nitrogen functional groups attached to an aromatic ring is 1. The van der Waals surface area contributed by atoms with Gasteiger partial charge in [-0.1, -0.05) is 0 Å². The Kier molecular flexibility index (Phi) is 3.59. The second-order valence-corrected chi connectivity index (χ2v) is 5.32. The van der Waals surface area contributed by atoms with Gasteiger partial charge in [-0.2, -0.15) is 5.26 Å². The van der Waals surface area contributed by atoms with Crippen LogP contribution in [0.5, 0.6) is 5.75 Å². The van der Waals surface area contributed by atoms with Crippen LogP contribution in [0.4, 0.5) is 19.0 Å². The number of anilines is 1. The first-order valence-corrected chi connectivity index (χ1v) is 6.26. The van der Waals surface area contributed by atoms with E-state index in [1.165, 1.54) is 6.07 Å². The Morgan fingerprint density at radius 2 is 2.06 bits per heavy atom. The number of nitriles is 1. The molecule has 1 aromatic heterocycles. The van der Waals surface area contributed by atoms with E-state index in [2.05, 4.69) is 9.72 Å². The van der Waals surface area contributed by atoms with E-state index in [1.807, 2.05) is 0 Å². The van der Waals surface area contributed by atoms with E-state index in [4.69, 9.17) is 21.7 Å². The van der Waals surface area contributed by atoms with Crippen LogP contribution in [0, 0.1) is 11.3 Å². The minimum absolute atomic E-state index is 0.504. The topological polar surface area (TPSA) is 106 Å². The van der Waals surface area contributed by atoms with Crippen molar-refractivity contribution in [3.05, 3.63) is 11.8 Å². The summed E-state index contributed by atoms with van der Waals surface area (Å²) in [5.41, 5.74) is 4.23. The number of rotatable bonds is 2. The normalized spacial score (nSPS) is 11.9. The van der Waals surface area contributed by atoms with Crippen molar-refractivity contribution in [2.75, 3.05) is 5.73 Å². The molecule has 0 saturated carbocycles. The lowest BCUT2D eigenvalue weighted by Gasteiger charge is -2.12. The van der Waals surface area contributed by atoms with Gasteiger partial charge in [0.2, 0.25) is 0 Å². The number of pyridine rings is 1. The van der Waals surface area contributed by atoms with Gasteiger partial charge in [0.25, 0.3) is 9.05 Å². The summed E-state index contributed by atoms with van der Waals surface area (Å²) in [5.74, 6) is -1.73. The highest BCUT2D eigenvalue weighted by Gasteiger charge is 2.35. The molecule has 0 spiro atoms. The van der Waals surface area contributed by atoms with E-state index in [0.717, 1.165) is 0 Å². The number of ether oxygens (including phenoxy) is 1. The number of alkyl halides is 3. The van der Waals surface area contributed by atoms with Crippen LogP contribution in [0.2, 0.25) is 0 Å². The molecule has 0 fully saturated rings. The minimum Gasteiger partial charge on any atom is -0.404 e. The monoisotopic (exact) mass is 301 g/mol. The van der Waals surface area contributed by atoms with Crippen molar-refractivity contribution < 1.29 is 26.3 Å².